The van der Waals surface area contributed by atoms with E-state index in [0.717, 1.165) is 12.0 Å². The second kappa shape index (κ2) is 4.90. The van der Waals surface area contributed by atoms with Crippen LogP contribution in [-0.2, 0) is 15.3 Å². The van der Waals surface area contributed by atoms with E-state index in [1.54, 1.807) is 18.2 Å². The molecule has 2 rings (SSSR count). The summed E-state index contributed by atoms with van der Waals surface area (Å²) >= 11 is 12.0. The fraction of sp³-hybridized carbons (Fsp3) is 0.455. The van der Waals surface area contributed by atoms with Crippen molar-refractivity contribution in [3.63, 3.8) is 0 Å². The number of nitrogens with two attached hydrogens (primary N) is 1. The average molecular weight is 262 g/mol. The maximum absolute atomic E-state index is 6.13. The summed E-state index contributed by atoms with van der Waals surface area (Å²) in [6.45, 7) is 1.47. The number of rotatable bonds is 2. The van der Waals surface area contributed by atoms with Crippen LogP contribution in [0.25, 0.3) is 0 Å². The standard InChI is InChI=1S/C11H13Cl2NO2/c12-8-2-3-9(10(13)6-8)11(7-14)15-4-1-5-16-11/h2-3,6H,1,4-5,7,14H2. The van der Waals surface area contributed by atoms with Gasteiger partial charge < -0.3 is 15.2 Å². The maximum Gasteiger partial charge on any atom is 0.209 e. The summed E-state index contributed by atoms with van der Waals surface area (Å²) in [7, 11) is 0. The second-order valence-corrected chi connectivity index (χ2v) is 4.48. The lowest BCUT2D eigenvalue weighted by atomic mass is 10.0. The van der Waals surface area contributed by atoms with Crippen molar-refractivity contribution in [2.45, 2.75) is 12.2 Å². The monoisotopic (exact) mass is 261 g/mol. The Balaban J connectivity index is 2.39. The van der Waals surface area contributed by atoms with Gasteiger partial charge in [-0.2, -0.15) is 0 Å². The Morgan fingerprint density at radius 3 is 2.50 bits per heavy atom. The van der Waals surface area contributed by atoms with Gasteiger partial charge in [0.2, 0.25) is 5.79 Å². The van der Waals surface area contributed by atoms with Crippen LogP contribution in [0.15, 0.2) is 18.2 Å². The summed E-state index contributed by atoms with van der Waals surface area (Å²) in [5, 5.41) is 1.09. The smallest absolute Gasteiger partial charge is 0.209 e. The van der Waals surface area contributed by atoms with Crippen molar-refractivity contribution in [3.8, 4) is 0 Å². The molecular formula is C11H13Cl2NO2. The summed E-state index contributed by atoms with van der Waals surface area (Å²) < 4.78 is 11.3. The minimum atomic E-state index is -0.917. The van der Waals surface area contributed by atoms with Crippen molar-refractivity contribution in [2.24, 2.45) is 5.73 Å². The molecule has 2 N–H and O–H groups in total. The van der Waals surface area contributed by atoms with Crippen LogP contribution >= 0.6 is 23.2 Å². The molecule has 0 amide bonds. The first-order chi connectivity index (χ1) is 7.68. The minimum absolute atomic E-state index is 0.231. The van der Waals surface area contributed by atoms with Gasteiger partial charge in [0.25, 0.3) is 0 Å². The Morgan fingerprint density at radius 1 is 1.25 bits per heavy atom. The number of halogens is 2. The molecule has 1 aromatic carbocycles. The van der Waals surface area contributed by atoms with Crippen LogP contribution in [0.4, 0.5) is 0 Å². The summed E-state index contributed by atoms with van der Waals surface area (Å²) in [6, 6.07) is 5.21. The average Bonchev–Trinajstić information content (AvgIpc) is 2.30. The third-order valence-corrected chi connectivity index (χ3v) is 3.12. The molecule has 1 heterocycles. The van der Waals surface area contributed by atoms with E-state index in [2.05, 4.69) is 0 Å². The molecule has 0 radical (unpaired) electrons. The molecule has 0 spiro atoms. The van der Waals surface area contributed by atoms with Crippen LogP contribution < -0.4 is 5.73 Å². The summed E-state index contributed by atoms with van der Waals surface area (Å²) in [6.07, 6.45) is 0.868. The first-order valence-corrected chi connectivity index (χ1v) is 5.87. The van der Waals surface area contributed by atoms with E-state index in [4.69, 9.17) is 38.4 Å². The first-order valence-electron chi connectivity index (χ1n) is 5.11. The highest BCUT2D eigenvalue weighted by Crippen LogP contribution is 2.35. The molecule has 0 aliphatic carbocycles. The van der Waals surface area contributed by atoms with Crippen molar-refractivity contribution < 1.29 is 9.47 Å². The van der Waals surface area contributed by atoms with E-state index < -0.39 is 5.79 Å². The second-order valence-electron chi connectivity index (χ2n) is 3.63. The molecular weight excluding hydrogens is 249 g/mol. The molecule has 0 atom stereocenters. The van der Waals surface area contributed by atoms with Gasteiger partial charge in [-0.1, -0.05) is 29.3 Å². The topological polar surface area (TPSA) is 44.5 Å². The Hall–Kier alpha value is -0.320. The molecule has 1 aliphatic rings. The molecule has 1 saturated heterocycles. The molecule has 0 saturated carbocycles. The summed E-state index contributed by atoms with van der Waals surface area (Å²) in [5.74, 6) is -0.917. The fourth-order valence-corrected chi connectivity index (χ4v) is 2.31. The highest BCUT2D eigenvalue weighted by atomic mass is 35.5. The highest BCUT2D eigenvalue weighted by Gasteiger charge is 2.37. The van der Waals surface area contributed by atoms with Crippen molar-refractivity contribution >= 4 is 23.2 Å². The van der Waals surface area contributed by atoms with Gasteiger partial charge >= 0.3 is 0 Å². The van der Waals surface area contributed by atoms with Gasteiger partial charge in [-0.25, -0.2) is 0 Å². The number of benzene rings is 1. The van der Waals surface area contributed by atoms with Crippen LogP contribution in [0.2, 0.25) is 10.0 Å². The molecule has 1 fully saturated rings. The third-order valence-electron chi connectivity index (χ3n) is 2.57. The Labute approximate surface area is 104 Å². The van der Waals surface area contributed by atoms with Crippen molar-refractivity contribution in [1.82, 2.24) is 0 Å². The Bertz CT molecular complexity index is 378. The van der Waals surface area contributed by atoms with Crippen LogP contribution in [-0.4, -0.2) is 19.8 Å². The highest BCUT2D eigenvalue weighted by molar-refractivity contribution is 6.35. The van der Waals surface area contributed by atoms with E-state index >= 15 is 0 Å². The lowest BCUT2D eigenvalue weighted by molar-refractivity contribution is -0.269. The molecule has 0 bridgehead atoms. The van der Waals surface area contributed by atoms with Gasteiger partial charge in [0.1, 0.15) is 0 Å². The molecule has 0 aromatic heterocycles. The normalized spacial score (nSPS) is 19.7. The van der Waals surface area contributed by atoms with E-state index in [9.17, 15) is 0 Å². The van der Waals surface area contributed by atoms with Gasteiger partial charge in [-0.3, -0.25) is 0 Å². The molecule has 5 heteroatoms. The number of hydrogen-bond donors (Lipinski definition) is 1. The van der Waals surface area contributed by atoms with E-state index in [-0.39, 0.29) is 6.54 Å². The first kappa shape index (κ1) is 12.1. The van der Waals surface area contributed by atoms with Crippen LogP contribution in [0.3, 0.4) is 0 Å². The zero-order valence-corrected chi connectivity index (χ0v) is 10.2. The maximum atomic E-state index is 6.13. The van der Waals surface area contributed by atoms with Crippen LogP contribution in [0, 0.1) is 0 Å². The predicted molar refractivity (Wildman–Crippen MR) is 63.7 cm³/mol. The van der Waals surface area contributed by atoms with E-state index in [1.807, 2.05) is 0 Å². The SMILES string of the molecule is NCC1(c2ccc(Cl)cc2Cl)OCCCO1. The largest absolute Gasteiger partial charge is 0.345 e. The summed E-state index contributed by atoms with van der Waals surface area (Å²) in [5.41, 5.74) is 6.47. The van der Waals surface area contributed by atoms with Gasteiger partial charge in [0, 0.05) is 10.6 Å². The van der Waals surface area contributed by atoms with Gasteiger partial charge in [-0.05, 0) is 18.6 Å². The number of hydrogen-bond acceptors (Lipinski definition) is 3. The lowest BCUT2D eigenvalue weighted by Crippen LogP contribution is -2.44. The van der Waals surface area contributed by atoms with Gasteiger partial charge in [-0.15, -0.1) is 0 Å². The van der Waals surface area contributed by atoms with E-state index in [0.29, 0.717) is 23.3 Å². The quantitative estimate of drug-likeness (QED) is 0.890. The van der Waals surface area contributed by atoms with Crippen molar-refractivity contribution in [2.75, 3.05) is 19.8 Å². The minimum Gasteiger partial charge on any atom is -0.345 e. The molecule has 88 valence electrons. The lowest BCUT2D eigenvalue weighted by Gasteiger charge is -2.37. The Morgan fingerprint density at radius 2 is 1.94 bits per heavy atom. The zero-order chi connectivity index (χ0) is 11.6. The molecule has 1 aliphatic heterocycles. The molecule has 16 heavy (non-hydrogen) atoms. The number of ether oxygens (including phenoxy) is 2. The zero-order valence-electron chi connectivity index (χ0n) is 8.71. The van der Waals surface area contributed by atoms with E-state index in [1.165, 1.54) is 0 Å². The van der Waals surface area contributed by atoms with Crippen molar-refractivity contribution in [3.05, 3.63) is 33.8 Å². The van der Waals surface area contributed by atoms with Gasteiger partial charge in [0.05, 0.1) is 24.8 Å². The molecule has 1 aromatic rings. The predicted octanol–water partition coefficient (Wildman–Crippen LogP) is 2.54. The van der Waals surface area contributed by atoms with Crippen molar-refractivity contribution in [1.29, 1.82) is 0 Å². The fourth-order valence-electron chi connectivity index (χ4n) is 1.76. The van der Waals surface area contributed by atoms with Crippen LogP contribution in [0.5, 0.6) is 0 Å². The molecule has 0 unspecified atom stereocenters. The Kier molecular flexibility index (Phi) is 3.72. The molecule has 3 nitrogen and oxygen atoms in total. The third kappa shape index (κ3) is 2.19. The van der Waals surface area contributed by atoms with Crippen LogP contribution in [0.1, 0.15) is 12.0 Å². The summed E-state index contributed by atoms with van der Waals surface area (Å²) in [4.78, 5) is 0. The van der Waals surface area contributed by atoms with Gasteiger partial charge in [0.15, 0.2) is 0 Å².